The van der Waals surface area contributed by atoms with Crippen LogP contribution in [0.2, 0.25) is 0 Å². The summed E-state index contributed by atoms with van der Waals surface area (Å²) in [5.74, 6) is 0.0449. The Hall–Kier alpha value is -2.73. The molecule has 2 heterocycles. The lowest BCUT2D eigenvalue weighted by Crippen LogP contribution is -2.46. The van der Waals surface area contributed by atoms with E-state index >= 15 is 0 Å². The van der Waals surface area contributed by atoms with Crippen molar-refractivity contribution in [2.75, 3.05) is 31.1 Å². The molecule has 0 saturated carbocycles. The van der Waals surface area contributed by atoms with Crippen molar-refractivity contribution < 1.29 is 4.39 Å². The van der Waals surface area contributed by atoms with Gasteiger partial charge in [0.05, 0.1) is 16.7 Å². The Labute approximate surface area is 138 Å². The number of benzene rings is 2. The van der Waals surface area contributed by atoms with Gasteiger partial charge in [-0.3, -0.25) is 9.36 Å². The van der Waals surface area contributed by atoms with E-state index in [0.29, 0.717) is 17.0 Å². The molecule has 0 amide bonds. The zero-order valence-electron chi connectivity index (χ0n) is 13.1. The average Bonchev–Trinajstić information content (AvgIpc) is 2.62. The Balaban J connectivity index is 1.99. The number of piperazine rings is 1. The molecule has 24 heavy (non-hydrogen) atoms. The predicted molar refractivity (Wildman–Crippen MR) is 92.4 cm³/mol. The molecule has 1 fully saturated rings. The molecule has 0 spiro atoms. The smallest absolute Gasteiger partial charge is 0.298 e. The Bertz CT molecular complexity index is 947. The van der Waals surface area contributed by atoms with Crippen molar-refractivity contribution in [1.82, 2.24) is 14.9 Å². The van der Waals surface area contributed by atoms with Gasteiger partial charge in [0.15, 0.2) is 5.82 Å². The van der Waals surface area contributed by atoms with Crippen LogP contribution in [0, 0.1) is 5.82 Å². The van der Waals surface area contributed by atoms with Crippen molar-refractivity contribution in [1.29, 1.82) is 0 Å². The molecule has 0 atom stereocenters. The van der Waals surface area contributed by atoms with E-state index in [1.54, 1.807) is 16.7 Å². The van der Waals surface area contributed by atoms with E-state index in [1.165, 1.54) is 12.1 Å². The van der Waals surface area contributed by atoms with Crippen LogP contribution in [0.4, 0.5) is 10.2 Å². The fraction of sp³-hybridized carbons (Fsp3) is 0.222. The Morgan fingerprint density at radius 3 is 2.62 bits per heavy atom. The van der Waals surface area contributed by atoms with Crippen LogP contribution in [0.1, 0.15) is 0 Å². The fourth-order valence-electron chi connectivity index (χ4n) is 3.07. The Morgan fingerprint density at radius 2 is 1.83 bits per heavy atom. The Morgan fingerprint density at radius 1 is 1.04 bits per heavy atom. The van der Waals surface area contributed by atoms with E-state index in [2.05, 4.69) is 10.3 Å². The van der Waals surface area contributed by atoms with Crippen LogP contribution in [0.3, 0.4) is 0 Å². The monoisotopic (exact) mass is 324 g/mol. The number of hydrogen-bond acceptors (Lipinski definition) is 4. The molecule has 5 nitrogen and oxygen atoms in total. The number of halogens is 1. The molecule has 0 unspecified atom stereocenters. The second-order valence-electron chi connectivity index (χ2n) is 5.78. The number of aromatic nitrogens is 2. The summed E-state index contributed by atoms with van der Waals surface area (Å²) in [4.78, 5) is 19.7. The van der Waals surface area contributed by atoms with Gasteiger partial charge in [-0.25, -0.2) is 9.37 Å². The molecule has 1 saturated heterocycles. The van der Waals surface area contributed by atoms with Crippen LogP contribution in [-0.4, -0.2) is 35.7 Å². The van der Waals surface area contributed by atoms with Gasteiger partial charge in [0.1, 0.15) is 5.82 Å². The van der Waals surface area contributed by atoms with Crippen LogP contribution < -0.4 is 15.8 Å². The third-order valence-corrected chi connectivity index (χ3v) is 4.23. The molecular formula is C18H17FN4O. The lowest BCUT2D eigenvalue weighted by Gasteiger charge is -2.28. The molecule has 1 aliphatic heterocycles. The quantitative estimate of drug-likeness (QED) is 0.783. The summed E-state index contributed by atoms with van der Waals surface area (Å²) in [5, 5.41) is 3.27. The van der Waals surface area contributed by atoms with Crippen LogP contribution in [0.25, 0.3) is 16.7 Å². The molecular weight excluding hydrogens is 307 g/mol. The second kappa shape index (κ2) is 6.05. The van der Waals surface area contributed by atoms with Crippen molar-refractivity contribution in [3.8, 4) is 5.69 Å². The standard InChI is InChI=1S/C18H17FN4O/c19-13-4-3-5-14(12-13)23-16-7-2-1-6-15(16)21-17(18(23)24)22-10-8-20-9-11-22/h1-7,12,20H,8-11H2. The van der Waals surface area contributed by atoms with Crippen molar-refractivity contribution in [2.45, 2.75) is 0 Å². The summed E-state index contributed by atoms with van der Waals surface area (Å²) >= 11 is 0. The number of rotatable bonds is 2. The van der Waals surface area contributed by atoms with Crippen LogP contribution in [-0.2, 0) is 0 Å². The summed E-state index contributed by atoms with van der Waals surface area (Å²) in [7, 11) is 0. The number of anilines is 1. The molecule has 3 aromatic rings. The molecule has 1 aromatic heterocycles. The molecule has 2 aromatic carbocycles. The van der Waals surface area contributed by atoms with Crippen molar-refractivity contribution in [3.05, 3.63) is 64.7 Å². The Kier molecular flexibility index (Phi) is 3.74. The summed E-state index contributed by atoms with van der Waals surface area (Å²) < 4.78 is 15.2. The highest BCUT2D eigenvalue weighted by atomic mass is 19.1. The second-order valence-corrected chi connectivity index (χ2v) is 5.78. The van der Waals surface area contributed by atoms with Gasteiger partial charge in [-0.15, -0.1) is 0 Å². The third kappa shape index (κ3) is 2.55. The summed E-state index contributed by atoms with van der Waals surface area (Å²) in [6.07, 6.45) is 0. The molecule has 6 heteroatoms. The third-order valence-electron chi connectivity index (χ3n) is 4.23. The fourth-order valence-corrected chi connectivity index (χ4v) is 3.07. The van der Waals surface area contributed by atoms with Gasteiger partial charge in [0.2, 0.25) is 0 Å². The maximum atomic E-state index is 13.7. The number of hydrogen-bond donors (Lipinski definition) is 1. The van der Waals surface area contributed by atoms with E-state index in [0.717, 1.165) is 31.7 Å². The summed E-state index contributed by atoms with van der Waals surface area (Å²) in [6, 6.07) is 13.5. The van der Waals surface area contributed by atoms with Gasteiger partial charge in [-0.1, -0.05) is 18.2 Å². The van der Waals surface area contributed by atoms with Gasteiger partial charge in [-0.05, 0) is 30.3 Å². The summed E-state index contributed by atoms with van der Waals surface area (Å²) in [6.45, 7) is 3.08. The molecule has 4 rings (SSSR count). The highest BCUT2D eigenvalue weighted by molar-refractivity contribution is 5.78. The van der Waals surface area contributed by atoms with E-state index < -0.39 is 0 Å². The maximum Gasteiger partial charge on any atom is 0.298 e. The number of fused-ring (bicyclic) bond motifs is 1. The first kappa shape index (κ1) is 14.8. The zero-order valence-corrected chi connectivity index (χ0v) is 13.1. The highest BCUT2D eigenvalue weighted by Crippen LogP contribution is 2.19. The molecule has 1 aliphatic rings. The number of nitrogens with one attached hydrogen (secondary N) is 1. The number of nitrogens with zero attached hydrogens (tertiary/aromatic N) is 3. The topological polar surface area (TPSA) is 50.2 Å². The van der Waals surface area contributed by atoms with E-state index in [-0.39, 0.29) is 11.4 Å². The first-order valence-corrected chi connectivity index (χ1v) is 7.97. The largest absolute Gasteiger partial charge is 0.349 e. The van der Waals surface area contributed by atoms with Gasteiger partial charge in [-0.2, -0.15) is 0 Å². The van der Waals surface area contributed by atoms with Crippen molar-refractivity contribution in [3.63, 3.8) is 0 Å². The molecule has 0 radical (unpaired) electrons. The van der Waals surface area contributed by atoms with E-state index in [1.807, 2.05) is 29.2 Å². The predicted octanol–water partition coefficient (Wildman–Crippen LogP) is 1.93. The molecule has 0 bridgehead atoms. The van der Waals surface area contributed by atoms with Crippen LogP contribution >= 0.6 is 0 Å². The maximum absolute atomic E-state index is 13.7. The van der Waals surface area contributed by atoms with Gasteiger partial charge < -0.3 is 10.2 Å². The minimum Gasteiger partial charge on any atom is -0.349 e. The van der Waals surface area contributed by atoms with Crippen molar-refractivity contribution >= 4 is 16.9 Å². The first-order valence-electron chi connectivity index (χ1n) is 7.97. The SMILES string of the molecule is O=c1c(N2CCNCC2)nc2ccccc2n1-c1cccc(F)c1. The number of para-hydroxylation sites is 2. The van der Waals surface area contributed by atoms with Gasteiger partial charge >= 0.3 is 0 Å². The lowest BCUT2D eigenvalue weighted by molar-refractivity contribution is 0.582. The normalized spacial score (nSPS) is 15.0. The zero-order chi connectivity index (χ0) is 16.5. The molecule has 1 N–H and O–H groups in total. The summed E-state index contributed by atoms with van der Waals surface area (Å²) in [5.41, 5.74) is 1.68. The van der Waals surface area contributed by atoms with Crippen LogP contribution in [0.5, 0.6) is 0 Å². The van der Waals surface area contributed by atoms with E-state index in [4.69, 9.17) is 0 Å². The van der Waals surface area contributed by atoms with Crippen molar-refractivity contribution in [2.24, 2.45) is 0 Å². The van der Waals surface area contributed by atoms with E-state index in [9.17, 15) is 9.18 Å². The average molecular weight is 324 g/mol. The van der Waals surface area contributed by atoms with Gasteiger partial charge in [0.25, 0.3) is 5.56 Å². The minimum atomic E-state index is -0.371. The lowest BCUT2D eigenvalue weighted by atomic mass is 10.2. The minimum absolute atomic E-state index is 0.221. The first-order chi connectivity index (χ1) is 11.7. The molecule has 122 valence electrons. The molecule has 0 aliphatic carbocycles. The highest BCUT2D eigenvalue weighted by Gasteiger charge is 2.19. The van der Waals surface area contributed by atoms with Crippen LogP contribution in [0.15, 0.2) is 53.3 Å². The van der Waals surface area contributed by atoms with Gasteiger partial charge in [0, 0.05) is 26.2 Å².